The smallest absolute Gasteiger partial charge is 0.326 e. The fourth-order valence-corrected chi connectivity index (χ4v) is 3.86. The molecule has 0 aliphatic heterocycles. The Labute approximate surface area is 230 Å². The molecule has 2 rings (SSSR count). The highest BCUT2D eigenvalue weighted by Gasteiger charge is 2.31. The molecule has 0 fully saturated rings. The molecular formula is C26H36N6O8. The van der Waals surface area contributed by atoms with Crippen LogP contribution in [-0.2, 0) is 36.8 Å². The van der Waals surface area contributed by atoms with Crippen molar-refractivity contribution in [3.05, 3.63) is 48.0 Å². The zero-order valence-corrected chi connectivity index (χ0v) is 22.3. The molecule has 0 spiro atoms. The van der Waals surface area contributed by atoms with E-state index in [1.807, 2.05) is 13.8 Å². The van der Waals surface area contributed by atoms with E-state index in [0.717, 1.165) is 0 Å². The molecule has 0 radical (unpaired) electrons. The Balaban J connectivity index is 2.14. The Morgan fingerprint density at radius 2 is 1.50 bits per heavy atom. The summed E-state index contributed by atoms with van der Waals surface area (Å²) in [5, 5.41) is 35.6. The fraction of sp³-hybridized carbons (Fsp3) is 0.462. The number of aromatic nitrogens is 2. The predicted molar refractivity (Wildman–Crippen MR) is 142 cm³/mol. The number of nitrogens with one attached hydrogen (secondary N) is 4. The first-order valence-electron chi connectivity index (χ1n) is 12.7. The van der Waals surface area contributed by atoms with E-state index in [1.165, 1.54) is 36.8 Å². The predicted octanol–water partition coefficient (Wildman–Crippen LogP) is -0.322. The van der Waals surface area contributed by atoms with Crippen LogP contribution in [0.5, 0.6) is 5.75 Å². The Morgan fingerprint density at radius 1 is 0.900 bits per heavy atom. The Hall–Kier alpha value is -4.46. The van der Waals surface area contributed by atoms with Gasteiger partial charge in [-0.25, -0.2) is 9.78 Å². The minimum absolute atomic E-state index is 0.0126. The van der Waals surface area contributed by atoms with E-state index in [-0.39, 0.29) is 37.4 Å². The van der Waals surface area contributed by atoms with Crippen LogP contribution in [0.1, 0.15) is 44.4 Å². The van der Waals surface area contributed by atoms with Crippen molar-refractivity contribution in [1.29, 1.82) is 0 Å². The average Bonchev–Trinajstić information content (AvgIpc) is 3.39. The number of nitrogens with two attached hydrogens (primary N) is 1. The van der Waals surface area contributed by atoms with Gasteiger partial charge in [0.25, 0.3) is 0 Å². The number of benzene rings is 1. The topological polar surface area (TPSA) is 237 Å². The highest BCUT2D eigenvalue weighted by molar-refractivity contribution is 5.94. The highest BCUT2D eigenvalue weighted by Crippen LogP contribution is 2.12. The number of nitrogens with zero attached hydrogens (tertiary/aromatic N) is 1. The molecule has 1 heterocycles. The third-order valence-corrected chi connectivity index (χ3v) is 5.94. The second-order valence-corrected chi connectivity index (χ2v) is 9.84. The van der Waals surface area contributed by atoms with Gasteiger partial charge in [0.05, 0.1) is 12.4 Å². The van der Waals surface area contributed by atoms with E-state index in [2.05, 4.69) is 25.9 Å². The number of phenols is 1. The number of amides is 3. The molecule has 4 unspecified atom stereocenters. The van der Waals surface area contributed by atoms with Crippen molar-refractivity contribution in [1.82, 2.24) is 25.9 Å². The summed E-state index contributed by atoms with van der Waals surface area (Å²) in [6.07, 6.45) is 2.37. The lowest BCUT2D eigenvalue weighted by Crippen LogP contribution is -2.57. The summed E-state index contributed by atoms with van der Waals surface area (Å²) in [7, 11) is 0. The number of aromatic amines is 1. The normalized spacial score (nSPS) is 14.0. The number of carbonyl (C=O) groups is 5. The first-order valence-corrected chi connectivity index (χ1v) is 12.7. The van der Waals surface area contributed by atoms with Gasteiger partial charge in [0.2, 0.25) is 17.7 Å². The van der Waals surface area contributed by atoms with Gasteiger partial charge in [-0.3, -0.25) is 19.2 Å². The first kappa shape index (κ1) is 31.8. The maximum Gasteiger partial charge on any atom is 0.326 e. The number of carboxylic acid groups (broad SMARTS) is 2. The van der Waals surface area contributed by atoms with Crippen molar-refractivity contribution in [2.45, 2.75) is 70.1 Å². The largest absolute Gasteiger partial charge is 0.508 e. The molecule has 0 saturated carbocycles. The quantitative estimate of drug-likeness (QED) is 0.133. The molecule has 3 amide bonds. The summed E-state index contributed by atoms with van der Waals surface area (Å²) in [6, 6.07) is 0.863. The van der Waals surface area contributed by atoms with Crippen molar-refractivity contribution < 1.29 is 39.3 Å². The second kappa shape index (κ2) is 15.2. The van der Waals surface area contributed by atoms with Gasteiger partial charge >= 0.3 is 11.9 Å². The minimum Gasteiger partial charge on any atom is -0.508 e. The number of phenolic OH excluding ortho intramolecular Hbond substituents is 1. The van der Waals surface area contributed by atoms with Gasteiger partial charge < -0.3 is 42.0 Å². The van der Waals surface area contributed by atoms with E-state index < -0.39 is 60.2 Å². The van der Waals surface area contributed by atoms with Crippen LogP contribution in [0.4, 0.5) is 0 Å². The zero-order chi connectivity index (χ0) is 29.8. The third-order valence-electron chi connectivity index (χ3n) is 5.94. The maximum atomic E-state index is 13.2. The van der Waals surface area contributed by atoms with E-state index in [9.17, 15) is 34.2 Å². The number of imidazole rings is 1. The van der Waals surface area contributed by atoms with Gasteiger partial charge in [0.1, 0.15) is 23.9 Å². The monoisotopic (exact) mass is 560 g/mol. The highest BCUT2D eigenvalue weighted by atomic mass is 16.4. The molecule has 0 aliphatic rings. The van der Waals surface area contributed by atoms with Gasteiger partial charge in [-0.05, 0) is 36.5 Å². The Morgan fingerprint density at radius 3 is 2.05 bits per heavy atom. The van der Waals surface area contributed by atoms with Crippen molar-refractivity contribution in [3.8, 4) is 5.75 Å². The van der Waals surface area contributed by atoms with Crippen molar-refractivity contribution in [3.63, 3.8) is 0 Å². The summed E-state index contributed by atoms with van der Waals surface area (Å²) in [6.45, 7) is 3.65. The van der Waals surface area contributed by atoms with Crippen LogP contribution in [0, 0.1) is 5.92 Å². The average molecular weight is 561 g/mol. The number of hydrogen-bond donors (Lipinski definition) is 8. The van der Waals surface area contributed by atoms with E-state index in [1.54, 1.807) is 0 Å². The summed E-state index contributed by atoms with van der Waals surface area (Å²) >= 11 is 0. The minimum atomic E-state index is -1.40. The van der Waals surface area contributed by atoms with Crippen LogP contribution < -0.4 is 21.7 Å². The molecule has 2 aromatic rings. The number of aromatic hydroxyl groups is 1. The Kier molecular flexibility index (Phi) is 12.1. The molecule has 14 nitrogen and oxygen atoms in total. The number of aliphatic carboxylic acids is 2. The molecule has 40 heavy (non-hydrogen) atoms. The molecular weight excluding hydrogens is 524 g/mol. The molecule has 1 aromatic carbocycles. The van der Waals surface area contributed by atoms with Gasteiger partial charge in [0.15, 0.2) is 0 Å². The van der Waals surface area contributed by atoms with E-state index in [0.29, 0.717) is 11.3 Å². The van der Waals surface area contributed by atoms with Gasteiger partial charge in [0, 0.05) is 31.2 Å². The summed E-state index contributed by atoms with van der Waals surface area (Å²) < 4.78 is 0. The fourth-order valence-electron chi connectivity index (χ4n) is 3.86. The van der Waals surface area contributed by atoms with Crippen LogP contribution in [0.25, 0.3) is 0 Å². The van der Waals surface area contributed by atoms with Crippen LogP contribution in [0.15, 0.2) is 36.8 Å². The SMILES string of the molecule is CC(C)CC(NC(=O)C(N)Cc1cnc[nH]1)C(=O)NC(CCC(=O)O)C(=O)NC(Cc1ccc(O)cc1)C(=O)O. The molecule has 0 bridgehead atoms. The lowest BCUT2D eigenvalue weighted by atomic mass is 10.0. The van der Waals surface area contributed by atoms with Gasteiger partial charge in [-0.15, -0.1) is 0 Å². The van der Waals surface area contributed by atoms with Gasteiger partial charge in [-0.1, -0.05) is 26.0 Å². The molecule has 4 atom stereocenters. The van der Waals surface area contributed by atoms with Crippen molar-refractivity contribution in [2.24, 2.45) is 11.7 Å². The lowest BCUT2D eigenvalue weighted by Gasteiger charge is -2.26. The summed E-state index contributed by atoms with van der Waals surface area (Å²) in [5.74, 6) is -4.88. The maximum absolute atomic E-state index is 13.2. The number of rotatable bonds is 16. The van der Waals surface area contributed by atoms with Crippen molar-refractivity contribution >= 4 is 29.7 Å². The van der Waals surface area contributed by atoms with Crippen LogP contribution in [-0.4, -0.2) is 79.1 Å². The number of carbonyl (C=O) groups excluding carboxylic acids is 3. The van der Waals surface area contributed by atoms with Crippen LogP contribution >= 0.6 is 0 Å². The number of carboxylic acids is 2. The molecule has 14 heteroatoms. The second-order valence-electron chi connectivity index (χ2n) is 9.84. The Bertz CT molecular complexity index is 1150. The molecule has 0 saturated heterocycles. The van der Waals surface area contributed by atoms with Crippen molar-refractivity contribution in [2.75, 3.05) is 0 Å². The first-order chi connectivity index (χ1) is 18.8. The van der Waals surface area contributed by atoms with Crippen LogP contribution in [0.3, 0.4) is 0 Å². The molecule has 1 aromatic heterocycles. The lowest BCUT2D eigenvalue weighted by molar-refractivity contribution is -0.143. The van der Waals surface area contributed by atoms with E-state index in [4.69, 9.17) is 10.8 Å². The summed E-state index contributed by atoms with van der Waals surface area (Å²) in [5.41, 5.74) is 7.12. The summed E-state index contributed by atoms with van der Waals surface area (Å²) in [4.78, 5) is 68.7. The standard InChI is InChI=1S/C26H36N6O8/c1-14(2)9-20(31-23(36)18(27)11-16-12-28-13-29-16)25(38)30-19(7-8-22(34)35)24(37)32-21(26(39)40)10-15-3-5-17(33)6-4-15/h3-6,12-14,18-21,33H,7-11,27H2,1-2H3,(H,28,29)(H,30,38)(H,31,36)(H,32,37)(H,34,35)(H,39,40). The molecule has 0 aliphatic carbocycles. The third kappa shape index (κ3) is 10.7. The number of H-pyrrole nitrogens is 1. The van der Waals surface area contributed by atoms with E-state index >= 15 is 0 Å². The molecule has 218 valence electrons. The van der Waals surface area contributed by atoms with Crippen LogP contribution in [0.2, 0.25) is 0 Å². The van der Waals surface area contributed by atoms with Gasteiger partial charge in [-0.2, -0.15) is 0 Å². The number of hydrogen-bond acceptors (Lipinski definition) is 8. The molecule has 9 N–H and O–H groups in total. The zero-order valence-electron chi connectivity index (χ0n) is 22.3.